The number of rotatable bonds is 6. The molecule has 0 radical (unpaired) electrons. The topological polar surface area (TPSA) is 41.1 Å². The van der Waals surface area contributed by atoms with Crippen molar-refractivity contribution >= 4 is 5.91 Å². The van der Waals surface area contributed by atoms with E-state index in [0.717, 1.165) is 0 Å². The Kier molecular flexibility index (Phi) is 5.87. The summed E-state index contributed by atoms with van der Waals surface area (Å²) in [7, 11) is 0. The maximum absolute atomic E-state index is 12.3. The number of nitrogens with one attached hydrogen (secondary N) is 2. The van der Waals surface area contributed by atoms with Crippen molar-refractivity contribution in [2.45, 2.75) is 51.6 Å². The summed E-state index contributed by atoms with van der Waals surface area (Å²) in [5.41, 5.74) is 5.33. The van der Waals surface area contributed by atoms with Gasteiger partial charge in [0.2, 0.25) is 5.91 Å². The van der Waals surface area contributed by atoms with E-state index in [0.29, 0.717) is 6.54 Å². The van der Waals surface area contributed by atoms with Gasteiger partial charge in [0.15, 0.2) is 0 Å². The van der Waals surface area contributed by atoms with Crippen LogP contribution in [-0.4, -0.2) is 12.5 Å². The number of hydrogen-bond acceptors (Lipinski definition) is 2. The van der Waals surface area contributed by atoms with Crippen molar-refractivity contribution in [2.75, 3.05) is 6.54 Å². The van der Waals surface area contributed by atoms with Crippen molar-refractivity contribution in [3.63, 3.8) is 0 Å². The number of amides is 1. The molecular weight excluding hydrogens is 308 g/mol. The third kappa shape index (κ3) is 4.70. The Morgan fingerprint density at radius 3 is 2.40 bits per heavy atom. The molecule has 132 valence electrons. The molecule has 0 aliphatic heterocycles. The normalized spacial score (nSPS) is 15.9. The fraction of sp³-hybridized carbons (Fsp3) is 0.409. The van der Waals surface area contributed by atoms with Crippen LogP contribution in [-0.2, 0) is 17.6 Å². The number of aryl methyl sites for hydroxylation is 2. The molecule has 0 saturated carbocycles. The molecule has 0 heterocycles. The monoisotopic (exact) mass is 336 g/mol. The van der Waals surface area contributed by atoms with Crippen LogP contribution in [0.5, 0.6) is 0 Å². The zero-order valence-electron chi connectivity index (χ0n) is 15.2. The maximum atomic E-state index is 12.3. The molecule has 1 aliphatic rings. The van der Waals surface area contributed by atoms with E-state index in [-0.39, 0.29) is 18.0 Å². The Labute approximate surface area is 150 Å². The summed E-state index contributed by atoms with van der Waals surface area (Å²) in [5.74, 6) is 0.0352. The Balaban J connectivity index is 1.52. The van der Waals surface area contributed by atoms with E-state index in [1.54, 1.807) is 0 Å². The molecule has 2 atom stereocenters. The largest absolute Gasteiger partial charge is 0.348 e. The molecule has 0 spiro atoms. The molecule has 0 unspecified atom stereocenters. The van der Waals surface area contributed by atoms with E-state index in [4.69, 9.17) is 0 Å². The van der Waals surface area contributed by atoms with Gasteiger partial charge in [-0.25, -0.2) is 0 Å². The molecule has 1 aliphatic carbocycles. The first-order chi connectivity index (χ1) is 12.1. The first-order valence-corrected chi connectivity index (χ1v) is 9.33. The Morgan fingerprint density at radius 2 is 1.64 bits per heavy atom. The van der Waals surface area contributed by atoms with E-state index in [2.05, 4.69) is 54.8 Å². The van der Waals surface area contributed by atoms with E-state index in [1.165, 1.54) is 47.9 Å². The summed E-state index contributed by atoms with van der Waals surface area (Å²) in [4.78, 5) is 12.3. The van der Waals surface area contributed by atoms with Gasteiger partial charge < -0.3 is 10.6 Å². The lowest BCUT2D eigenvalue weighted by Gasteiger charge is -2.20. The van der Waals surface area contributed by atoms with Crippen LogP contribution in [0.4, 0.5) is 0 Å². The lowest BCUT2D eigenvalue weighted by molar-refractivity contribution is -0.121. The van der Waals surface area contributed by atoms with E-state index in [1.807, 2.05) is 18.2 Å². The van der Waals surface area contributed by atoms with Gasteiger partial charge in [0.1, 0.15) is 0 Å². The van der Waals surface area contributed by atoms with Crippen LogP contribution in [0.25, 0.3) is 0 Å². The standard InChI is InChI=1S/C22H28N2O/c1-16(18-8-4-3-5-9-18)23-15-22(25)24-17(2)20-13-12-19-10-6-7-11-21(19)14-20/h3-5,8-9,12-14,16-17,23H,6-7,10-11,15H2,1-2H3,(H,24,25)/t16-,17+/m0/s1. The lowest BCUT2D eigenvalue weighted by atomic mass is 9.89. The molecule has 0 bridgehead atoms. The van der Waals surface area contributed by atoms with Crippen molar-refractivity contribution in [1.82, 2.24) is 10.6 Å². The predicted octanol–water partition coefficient (Wildman–Crippen LogP) is 4.09. The second-order valence-corrected chi connectivity index (χ2v) is 7.04. The molecule has 3 heteroatoms. The second-order valence-electron chi connectivity index (χ2n) is 7.04. The molecule has 2 aromatic carbocycles. The molecule has 3 nitrogen and oxygen atoms in total. The number of fused-ring (bicyclic) bond motifs is 1. The minimum atomic E-state index is 0.0352. The highest BCUT2D eigenvalue weighted by atomic mass is 16.1. The minimum Gasteiger partial charge on any atom is -0.348 e. The Hall–Kier alpha value is -2.13. The summed E-state index contributed by atoms with van der Waals surface area (Å²) in [5, 5.41) is 6.40. The van der Waals surface area contributed by atoms with Crippen molar-refractivity contribution in [3.05, 3.63) is 70.8 Å². The molecular formula is C22H28N2O. The summed E-state index contributed by atoms with van der Waals surface area (Å²) in [6, 6.07) is 17.1. The predicted molar refractivity (Wildman–Crippen MR) is 103 cm³/mol. The average molecular weight is 336 g/mol. The number of carbonyl (C=O) groups excluding carboxylic acids is 1. The highest BCUT2D eigenvalue weighted by molar-refractivity contribution is 5.78. The van der Waals surface area contributed by atoms with Crippen LogP contribution in [0, 0.1) is 0 Å². The van der Waals surface area contributed by atoms with E-state index in [9.17, 15) is 4.79 Å². The lowest BCUT2D eigenvalue weighted by Crippen LogP contribution is -2.36. The van der Waals surface area contributed by atoms with Crippen molar-refractivity contribution < 1.29 is 4.79 Å². The van der Waals surface area contributed by atoms with Crippen molar-refractivity contribution in [2.24, 2.45) is 0 Å². The number of benzene rings is 2. The minimum absolute atomic E-state index is 0.0352. The summed E-state index contributed by atoms with van der Waals surface area (Å²) in [6.45, 7) is 4.46. The van der Waals surface area contributed by atoms with Crippen LogP contribution in [0.1, 0.15) is 61.0 Å². The first kappa shape index (κ1) is 17.7. The highest BCUT2D eigenvalue weighted by Gasteiger charge is 2.14. The molecule has 0 aromatic heterocycles. The fourth-order valence-corrected chi connectivity index (χ4v) is 3.50. The molecule has 2 N–H and O–H groups in total. The zero-order valence-corrected chi connectivity index (χ0v) is 15.2. The van der Waals surface area contributed by atoms with Crippen molar-refractivity contribution in [1.29, 1.82) is 0 Å². The van der Waals surface area contributed by atoms with E-state index < -0.39 is 0 Å². The van der Waals surface area contributed by atoms with Gasteiger partial charge >= 0.3 is 0 Å². The molecule has 0 fully saturated rings. The average Bonchev–Trinajstić information content (AvgIpc) is 2.66. The Bertz CT molecular complexity index is 711. The van der Waals surface area contributed by atoms with Crippen molar-refractivity contribution in [3.8, 4) is 0 Å². The van der Waals surface area contributed by atoms with Gasteiger partial charge in [0.05, 0.1) is 12.6 Å². The first-order valence-electron chi connectivity index (χ1n) is 9.33. The second kappa shape index (κ2) is 8.30. The molecule has 25 heavy (non-hydrogen) atoms. The third-order valence-electron chi connectivity index (χ3n) is 5.12. The smallest absolute Gasteiger partial charge is 0.234 e. The van der Waals surface area contributed by atoms with Gasteiger partial charge in [-0.05, 0) is 61.8 Å². The zero-order chi connectivity index (χ0) is 17.6. The Morgan fingerprint density at radius 1 is 0.920 bits per heavy atom. The van der Waals surface area contributed by atoms with Crippen LogP contribution in [0.2, 0.25) is 0 Å². The van der Waals surface area contributed by atoms with Gasteiger partial charge in [-0.2, -0.15) is 0 Å². The van der Waals surface area contributed by atoms with Gasteiger partial charge in [0, 0.05) is 6.04 Å². The summed E-state index contributed by atoms with van der Waals surface area (Å²) in [6.07, 6.45) is 4.93. The van der Waals surface area contributed by atoms with Crippen LogP contribution in [0.15, 0.2) is 48.5 Å². The molecule has 1 amide bonds. The molecule has 0 saturated heterocycles. The van der Waals surface area contributed by atoms with E-state index >= 15 is 0 Å². The summed E-state index contributed by atoms with van der Waals surface area (Å²) < 4.78 is 0. The molecule has 2 aromatic rings. The van der Waals surface area contributed by atoms with Crippen LogP contribution in [0.3, 0.4) is 0 Å². The number of hydrogen-bond donors (Lipinski definition) is 2. The van der Waals surface area contributed by atoms with Crippen LogP contribution < -0.4 is 10.6 Å². The fourth-order valence-electron chi connectivity index (χ4n) is 3.50. The quantitative estimate of drug-likeness (QED) is 0.834. The van der Waals surface area contributed by atoms with Gasteiger partial charge in [-0.1, -0.05) is 48.5 Å². The SMILES string of the molecule is C[C@H](NCC(=O)N[C@H](C)c1ccc2c(c1)CCCC2)c1ccccc1. The number of carbonyl (C=O) groups is 1. The van der Waals surface area contributed by atoms with Gasteiger partial charge in [-0.15, -0.1) is 0 Å². The third-order valence-corrected chi connectivity index (χ3v) is 5.12. The van der Waals surface area contributed by atoms with Gasteiger partial charge in [0.25, 0.3) is 0 Å². The van der Waals surface area contributed by atoms with Gasteiger partial charge in [-0.3, -0.25) is 4.79 Å². The maximum Gasteiger partial charge on any atom is 0.234 e. The summed E-state index contributed by atoms with van der Waals surface area (Å²) >= 11 is 0. The van der Waals surface area contributed by atoms with Crippen LogP contribution >= 0.6 is 0 Å². The highest BCUT2D eigenvalue weighted by Crippen LogP contribution is 2.24. The molecule has 3 rings (SSSR count).